The summed E-state index contributed by atoms with van der Waals surface area (Å²) in [6, 6.07) is 0. The van der Waals surface area contributed by atoms with Gasteiger partial charge in [0.2, 0.25) is 0 Å². The Bertz CT molecular complexity index is 319. The smallest absolute Gasteiger partial charge is 0.0945 e. The molecule has 4 heteroatoms. The molecule has 0 aromatic carbocycles. The SMILES string of the molecule is CCc1nnsc1C(O)C1CCCCCC1. The van der Waals surface area contributed by atoms with E-state index in [4.69, 9.17) is 0 Å². The van der Waals surface area contributed by atoms with Crippen molar-refractivity contribution in [3.05, 3.63) is 10.6 Å². The molecule has 1 aliphatic carbocycles. The number of aromatic nitrogens is 2. The fourth-order valence-electron chi connectivity index (χ4n) is 2.53. The summed E-state index contributed by atoms with van der Waals surface area (Å²) in [6.45, 7) is 2.07. The largest absolute Gasteiger partial charge is 0.387 e. The molecule has 1 unspecified atom stereocenters. The van der Waals surface area contributed by atoms with Gasteiger partial charge in [-0.1, -0.05) is 37.1 Å². The lowest BCUT2D eigenvalue weighted by molar-refractivity contribution is 0.101. The first-order chi connectivity index (χ1) is 7.83. The molecule has 1 N–H and O–H groups in total. The van der Waals surface area contributed by atoms with Crippen LogP contribution in [-0.4, -0.2) is 14.7 Å². The minimum atomic E-state index is -0.326. The van der Waals surface area contributed by atoms with Crippen molar-refractivity contribution in [2.45, 2.75) is 58.0 Å². The molecule has 0 aliphatic heterocycles. The number of nitrogens with zero attached hydrogens (tertiary/aromatic N) is 2. The lowest BCUT2D eigenvalue weighted by Crippen LogP contribution is -2.12. The normalized spacial score (nSPS) is 20.6. The first-order valence-corrected chi connectivity index (χ1v) is 7.09. The van der Waals surface area contributed by atoms with Crippen molar-refractivity contribution in [3.8, 4) is 0 Å². The summed E-state index contributed by atoms with van der Waals surface area (Å²) in [4.78, 5) is 1.01. The zero-order valence-electron chi connectivity index (χ0n) is 9.85. The maximum Gasteiger partial charge on any atom is 0.0945 e. The Morgan fingerprint density at radius 1 is 1.31 bits per heavy atom. The third-order valence-corrected chi connectivity index (χ3v) is 4.37. The first-order valence-electron chi connectivity index (χ1n) is 6.32. The van der Waals surface area contributed by atoms with Crippen LogP contribution in [0.3, 0.4) is 0 Å². The minimum absolute atomic E-state index is 0.326. The average molecular weight is 240 g/mol. The van der Waals surface area contributed by atoms with Gasteiger partial charge in [-0.25, -0.2) is 0 Å². The van der Waals surface area contributed by atoms with E-state index < -0.39 is 0 Å². The van der Waals surface area contributed by atoms with Crippen LogP contribution in [0.25, 0.3) is 0 Å². The van der Waals surface area contributed by atoms with Crippen LogP contribution < -0.4 is 0 Å². The van der Waals surface area contributed by atoms with Gasteiger partial charge in [0.15, 0.2) is 0 Å². The van der Waals surface area contributed by atoms with Crippen LogP contribution in [0.2, 0.25) is 0 Å². The molecule has 3 nitrogen and oxygen atoms in total. The van der Waals surface area contributed by atoms with Crippen LogP contribution in [0.1, 0.15) is 62.1 Å². The zero-order chi connectivity index (χ0) is 11.4. The van der Waals surface area contributed by atoms with E-state index in [1.54, 1.807) is 0 Å². The molecule has 2 rings (SSSR count). The molecule has 1 saturated carbocycles. The van der Waals surface area contributed by atoms with Gasteiger partial charge >= 0.3 is 0 Å². The van der Waals surface area contributed by atoms with E-state index in [-0.39, 0.29) is 6.10 Å². The van der Waals surface area contributed by atoms with E-state index in [0.29, 0.717) is 5.92 Å². The Balaban J connectivity index is 2.07. The summed E-state index contributed by atoms with van der Waals surface area (Å²) in [6.07, 6.45) is 8.02. The van der Waals surface area contributed by atoms with Crippen molar-refractivity contribution >= 4 is 11.5 Å². The van der Waals surface area contributed by atoms with Crippen molar-refractivity contribution in [2.75, 3.05) is 0 Å². The van der Waals surface area contributed by atoms with Crippen molar-refractivity contribution < 1.29 is 5.11 Å². The third kappa shape index (κ3) is 2.61. The zero-order valence-corrected chi connectivity index (χ0v) is 10.7. The van der Waals surface area contributed by atoms with E-state index in [0.717, 1.165) is 29.8 Å². The fourth-order valence-corrected chi connectivity index (χ4v) is 3.34. The molecular weight excluding hydrogens is 220 g/mol. The van der Waals surface area contributed by atoms with Gasteiger partial charge in [-0.05, 0) is 36.7 Å². The van der Waals surface area contributed by atoms with Crippen LogP contribution in [0.5, 0.6) is 0 Å². The summed E-state index contributed by atoms with van der Waals surface area (Å²) in [5.74, 6) is 0.426. The van der Waals surface area contributed by atoms with Crippen molar-refractivity contribution in [2.24, 2.45) is 5.92 Å². The number of hydrogen-bond acceptors (Lipinski definition) is 4. The van der Waals surface area contributed by atoms with Crippen molar-refractivity contribution in [1.29, 1.82) is 0 Å². The molecule has 0 saturated heterocycles. The molecule has 1 atom stereocenters. The summed E-state index contributed by atoms with van der Waals surface area (Å²) in [5.41, 5.74) is 0.988. The number of rotatable bonds is 3. The molecular formula is C12H20N2OS. The average Bonchev–Trinajstić information content (AvgIpc) is 2.61. The Morgan fingerprint density at radius 3 is 2.62 bits per heavy atom. The van der Waals surface area contributed by atoms with Gasteiger partial charge in [-0.3, -0.25) is 0 Å². The quantitative estimate of drug-likeness (QED) is 0.826. The van der Waals surface area contributed by atoms with Crippen LogP contribution in [0.15, 0.2) is 0 Å². The second-order valence-corrected chi connectivity index (χ2v) is 5.42. The molecule has 1 fully saturated rings. The van der Waals surface area contributed by atoms with Gasteiger partial charge in [0, 0.05) is 0 Å². The Morgan fingerprint density at radius 2 is 2.00 bits per heavy atom. The maximum atomic E-state index is 10.4. The van der Waals surface area contributed by atoms with Crippen LogP contribution >= 0.6 is 11.5 Å². The second-order valence-electron chi connectivity index (χ2n) is 4.63. The highest BCUT2D eigenvalue weighted by atomic mass is 32.1. The Kier molecular flexibility index (Phi) is 4.29. The van der Waals surface area contributed by atoms with Crippen molar-refractivity contribution in [1.82, 2.24) is 9.59 Å². The maximum absolute atomic E-state index is 10.4. The predicted octanol–water partition coefficient (Wildman–Crippen LogP) is 3.10. The summed E-state index contributed by atoms with van der Waals surface area (Å²) >= 11 is 1.37. The molecule has 1 aliphatic rings. The molecule has 1 aromatic heterocycles. The lowest BCUT2D eigenvalue weighted by Gasteiger charge is -2.20. The van der Waals surface area contributed by atoms with E-state index in [1.807, 2.05) is 0 Å². The molecule has 1 aromatic rings. The molecule has 0 bridgehead atoms. The predicted molar refractivity (Wildman–Crippen MR) is 65.4 cm³/mol. The van der Waals surface area contributed by atoms with E-state index in [2.05, 4.69) is 16.5 Å². The number of aryl methyl sites for hydroxylation is 1. The van der Waals surface area contributed by atoms with Gasteiger partial charge in [0.25, 0.3) is 0 Å². The van der Waals surface area contributed by atoms with Gasteiger partial charge in [-0.15, -0.1) is 5.10 Å². The highest BCUT2D eigenvalue weighted by Crippen LogP contribution is 2.35. The Labute approximate surface area is 101 Å². The van der Waals surface area contributed by atoms with Gasteiger partial charge in [-0.2, -0.15) is 0 Å². The minimum Gasteiger partial charge on any atom is -0.387 e. The number of aliphatic hydroxyl groups is 1. The topological polar surface area (TPSA) is 46.0 Å². The molecule has 0 amide bonds. The van der Waals surface area contributed by atoms with Gasteiger partial charge in [0.1, 0.15) is 0 Å². The number of hydrogen-bond donors (Lipinski definition) is 1. The monoisotopic (exact) mass is 240 g/mol. The molecule has 90 valence electrons. The first kappa shape index (κ1) is 12.0. The Hall–Kier alpha value is -0.480. The highest BCUT2D eigenvalue weighted by Gasteiger charge is 2.25. The summed E-state index contributed by atoms with van der Waals surface area (Å²) in [5, 5.41) is 14.5. The standard InChI is InChI=1S/C12H20N2OS/c1-2-10-12(16-14-13-10)11(15)9-7-5-3-4-6-8-9/h9,11,15H,2-8H2,1H3. The lowest BCUT2D eigenvalue weighted by atomic mass is 9.92. The van der Waals surface area contributed by atoms with Crippen molar-refractivity contribution in [3.63, 3.8) is 0 Å². The molecule has 0 spiro atoms. The van der Waals surface area contributed by atoms with Gasteiger partial charge < -0.3 is 5.11 Å². The van der Waals surface area contributed by atoms with Gasteiger partial charge in [0.05, 0.1) is 16.7 Å². The van der Waals surface area contributed by atoms with Crippen LogP contribution in [0, 0.1) is 5.92 Å². The van der Waals surface area contributed by atoms with Crippen LogP contribution in [0.4, 0.5) is 0 Å². The molecule has 0 radical (unpaired) electrons. The van der Waals surface area contributed by atoms with Crippen LogP contribution in [-0.2, 0) is 6.42 Å². The highest BCUT2D eigenvalue weighted by molar-refractivity contribution is 7.05. The second kappa shape index (κ2) is 5.73. The van der Waals surface area contributed by atoms with E-state index >= 15 is 0 Å². The fraction of sp³-hybridized carbons (Fsp3) is 0.833. The summed E-state index contributed by atoms with van der Waals surface area (Å²) < 4.78 is 3.96. The number of aliphatic hydroxyl groups excluding tert-OH is 1. The van der Waals surface area contributed by atoms with E-state index in [1.165, 1.54) is 37.2 Å². The molecule has 1 heterocycles. The molecule has 16 heavy (non-hydrogen) atoms. The third-order valence-electron chi connectivity index (χ3n) is 3.54. The van der Waals surface area contributed by atoms with E-state index in [9.17, 15) is 5.11 Å². The summed E-state index contributed by atoms with van der Waals surface area (Å²) in [7, 11) is 0.